The van der Waals surface area contributed by atoms with Crippen molar-refractivity contribution in [1.82, 2.24) is 15.0 Å². The maximum absolute atomic E-state index is 5.70. The van der Waals surface area contributed by atoms with Crippen LogP contribution in [0.1, 0.15) is 39.4 Å². The number of hydrogen-bond acceptors (Lipinski definition) is 4. The zero-order valence-electron chi connectivity index (χ0n) is 13.2. The molecular weight excluding hydrogens is 264 g/mol. The second kappa shape index (κ2) is 7.41. The SMILES string of the molecule is CCOc1ccc2[nH]c(CCC(CCN)C(C)C)nc2n1. The van der Waals surface area contributed by atoms with Gasteiger partial charge in [0, 0.05) is 12.5 Å². The predicted octanol–water partition coefficient (Wildman–Crippen LogP) is 2.91. The number of H-pyrrole nitrogens is 1. The fraction of sp³-hybridized carbons (Fsp3) is 0.625. The molecule has 0 amide bonds. The molecule has 21 heavy (non-hydrogen) atoms. The summed E-state index contributed by atoms with van der Waals surface area (Å²) in [6, 6.07) is 3.85. The first-order valence-corrected chi connectivity index (χ1v) is 7.82. The Morgan fingerprint density at radius 2 is 2.05 bits per heavy atom. The largest absolute Gasteiger partial charge is 0.478 e. The van der Waals surface area contributed by atoms with E-state index in [0.717, 1.165) is 42.8 Å². The van der Waals surface area contributed by atoms with Crippen molar-refractivity contribution in [2.24, 2.45) is 17.6 Å². The van der Waals surface area contributed by atoms with E-state index in [1.54, 1.807) is 0 Å². The Bertz CT molecular complexity index is 564. The molecule has 0 saturated heterocycles. The summed E-state index contributed by atoms with van der Waals surface area (Å²) < 4.78 is 5.41. The lowest BCUT2D eigenvalue weighted by Crippen LogP contribution is -2.15. The van der Waals surface area contributed by atoms with Crippen LogP contribution >= 0.6 is 0 Å². The molecule has 2 aromatic heterocycles. The minimum absolute atomic E-state index is 0.616. The van der Waals surface area contributed by atoms with Crippen LogP contribution in [0.3, 0.4) is 0 Å². The van der Waals surface area contributed by atoms with Gasteiger partial charge in [-0.25, -0.2) is 4.98 Å². The van der Waals surface area contributed by atoms with Gasteiger partial charge in [0.15, 0.2) is 5.65 Å². The van der Waals surface area contributed by atoms with E-state index in [9.17, 15) is 0 Å². The molecule has 2 rings (SSSR count). The highest BCUT2D eigenvalue weighted by atomic mass is 16.5. The average molecular weight is 290 g/mol. The second-order valence-electron chi connectivity index (χ2n) is 5.76. The fourth-order valence-electron chi connectivity index (χ4n) is 2.62. The summed E-state index contributed by atoms with van der Waals surface area (Å²) in [5.74, 6) is 2.93. The standard InChI is InChI=1S/C16H26N4O/c1-4-21-15-8-6-13-16(20-15)19-14(18-13)7-5-12(9-10-17)11(2)3/h6,8,11-12H,4-5,7,9-10,17H2,1-3H3,(H,18,19,20). The molecule has 0 aromatic carbocycles. The lowest BCUT2D eigenvalue weighted by molar-refractivity contribution is 0.328. The molecular formula is C16H26N4O. The van der Waals surface area contributed by atoms with Gasteiger partial charge in [-0.05, 0) is 44.2 Å². The summed E-state index contributed by atoms with van der Waals surface area (Å²) in [6.07, 6.45) is 3.11. The summed E-state index contributed by atoms with van der Waals surface area (Å²) >= 11 is 0. The van der Waals surface area contributed by atoms with Crippen molar-refractivity contribution in [1.29, 1.82) is 0 Å². The van der Waals surface area contributed by atoms with E-state index >= 15 is 0 Å². The lowest BCUT2D eigenvalue weighted by atomic mass is 9.88. The number of nitrogens with two attached hydrogens (primary N) is 1. The first-order valence-electron chi connectivity index (χ1n) is 7.82. The summed E-state index contributed by atoms with van der Waals surface area (Å²) in [7, 11) is 0. The Morgan fingerprint density at radius 3 is 2.71 bits per heavy atom. The van der Waals surface area contributed by atoms with Gasteiger partial charge in [0.05, 0.1) is 12.1 Å². The van der Waals surface area contributed by atoms with Crippen LogP contribution in [0.5, 0.6) is 5.88 Å². The second-order valence-corrected chi connectivity index (χ2v) is 5.76. The summed E-state index contributed by atoms with van der Waals surface area (Å²) in [6.45, 7) is 7.84. The van der Waals surface area contributed by atoms with Crippen LogP contribution in [0.15, 0.2) is 12.1 Å². The van der Waals surface area contributed by atoms with E-state index in [2.05, 4.69) is 28.8 Å². The van der Waals surface area contributed by atoms with Gasteiger partial charge in [-0.15, -0.1) is 0 Å². The predicted molar refractivity (Wildman–Crippen MR) is 85.4 cm³/mol. The number of imidazole rings is 1. The first kappa shape index (κ1) is 15.8. The molecule has 1 atom stereocenters. The number of aryl methyl sites for hydroxylation is 1. The van der Waals surface area contributed by atoms with Crippen LogP contribution in [-0.4, -0.2) is 28.1 Å². The number of fused-ring (bicyclic) bond motifs is 1. The van der Waals surface area contributed by atoms with Crippen molar-refractivity contribution in [2.45, 2.75) is 40.0 Å². The van der Waals surface area contributed by atoms with Crippen LogP contribution in [0.4, 0.5) is 0 Å². The summed E-state index contributed by atoms with van der Waals surface area (Å²) in [5, 5.41) is 0. The highest BCUT2D eigenvalue weighted by Crippen LogP contribution is 2.21. The van der Waals surface area contributed by atoms with Crippen molar-refractivity contribution in [3.05, 3.63) is 18.0 Å². The number of rotatable bonds is 8. The van der Waals surface area contributed by atoms with Gasteiger partial charge in [0.1, 0.15) is 5.82 Å². The molecule has 0 aliphatic rings. The maximum atomic E-state index is 5.70. The van der Waals surface area contributed by atoms with E-state index in [1.807, 2.05) is 19.1 Å². The Morgan fingerprint density at radius 1 is 1.24 bits per heavy atom. The Hall–Kier alpha value is -1.62. The molecule has 5 nitrogen and oxygen atoms in total. The monoisotopic (exact) mass is 290 g/mol. The smallest absolute Gasteiger partial charge is 0.215 e. The van der Waals surface area contributed by atoms with E-state index in [4.69, 9.17) is 10.5 Å². The third-order valence-corrected chi connectivity index (χ3v) is 3.89. The molecule has 0 bridgehead atoms. The third-order valence-electron chi connectivity index (χ3n) is 3.89. The average Bonchev–Trinajstić information content (AvgIpc) is 2.85. The van der Waals surface area contributed by atoms with Crippen molar-refractivity contribution >= 4 is 11.2 Å². The molecule has 2 heterocycles. The van der Waals surface area contributed by atoms with Gasteiger partial charge >= 0.3 is 0 Å². The highest BCUT2D eigenvalue weighted by Gasteiger charge is 2.14. The van der Waals surface area contributed by atoms with Gasteiger partial charge in [-0.1, -0.05) is 13.8 Å². The molecule has 0 fully saturated rings. The van der Waals surface area contributed by atoms with Gasteiger partial charge in [0.2, 0.25) is 5.88 Å². The maximum Gasteiger partial charge on any atom is 0.215 e. The minimum atomic E-state index is 0.616. The van der Waals surface area contributed by atoms with Crippen LogP contribution < -0.4 is 10.5 Å². The van der Waals surface area contributed by atoms with Crippen LogP contribution in [0, 0.1) is 11.8 Å². The number of pyridine rings is 1. The molecule has 0 spiro atoms. The zero-order valence-corrected chi connectivity index (χ0v) is 13.2. The molecule has 3 N–H and O–H groups in total. The van der Waals surface area contributed by atoms with Crippen molar-refractivity contribution in [3.63, 3.8) is 0 Å². The van der Waals surface area contributed by atoms with Gasteiger partial charge in [-0.3, -0.25) is 0 Å². The number of aromatic nitrogens is 3. The van der Waals surface area contributed by atoms with Crippen molar-refractivity contribution < 1.29 is 4.74 Å². The van der Waals surface area contributed by atoms with Gasteiger partial charge in [-0.2, -0.15) is 4.98 Å². The summed E-state index contributed by atoms with van der Waals surface area (Å²) in [5.41, 5.74) is 7.39. The number of aromatic amines is 1. The van der Waals surface area contributed by atoms with Crippen LogP contribution in [0.25, 0.3) is 11.2 Å². The normalized spacial score (nSPS) is 13.0. The first-order chi connectivity index (χ1) is 10.1. The fourth-order valence-corrected chi connectivity index (χ4v) is 2.62. The molecule has 0 saturated carbocycles. The van der Waals surface area contributed by atoms with Crippen LogP contribution in [0.2, 0.25) is 0 Å². The van der Waals surface area contributed by atoms with E-state index in [1.165, 1.54) is 0 Å². The Labute approximate surface area is 126 Å². The Kier molecular flexibility index (Phi) is 5.56. The zero-order chi connectivity index (χ0) is 15.2. The van der Waals surface area contributed by atoms with E-state index in [-0.39, 0.29) is 0 Å². The number of ether oxygens (including phenoxy) is 1. The molecule has 1 unspecified atom stereocenters. The topological polar surface area (TPSA) is 76.8 Å². The van der Waals surface area contributed by atoms with Gasteiger partial charge < -0.3 is 15.5 Å². The number of hydrogen-bond donors (Lipinski definition) is 2. The highest BCUT2D eigenvalue weighted by molar-refractivity contribution is 5.71. The molecule has 0 radical (unpaired) electrons. The molecule has 2 aromatic rings. The molecule has 116 valence electrons. The summed E-state index contributed by atoms with van der Waals surface area (Å²) in [4.78, 5) is 12.3. The van der Waals surface area contributed by atoms with Crippen LogP contribution in [-0.2, 0) is 6.42 Å². The molecule has 0 aliphatic carbocycles. The molecule has 5 heteroatoms. The van der Waals surface area contributed by atoms with Crippen molar-refractivity contribution in [3.8, 4) is 5.88 Å². The van der Waals surface area contributed by atoms with Gasteiger partial charge in [0.25, 0.3) is 0 Å². The Balaban J connectivity index is 2.05. The van der Waals surface area contributed by atoms with E-state index < -0.39 is 0 Å². The quantitative estimate of drug-likeness (QED) is 0.783. The van der Waals surface area contributed by atoms with Crippen molar-refractivity contribution in [2.75, 3.05) is 13.2 Å². The van der Waals surface area contributed by atoms with E-state index in [0.29, 0.717) is 24.3 Å². The lowest BCUT2D eigenvalue weighted by Gasteiger charge is -2.19. The molecule has 0 aliphatic heterocycles. The number of nitrogens with one attached hydrogen (secondary N) is 1. The third kappa shape index (κ3) is 4.17. The minimum Gasteiger partial charge on any atom is -0.478 e. The number of nitrogens with zero attached hydrogens (tertiary/aromatic N) is 2.